The molecule has 2 N–H and O–H groups in total. The Kier molecular flexibility index (Phi) is 4.92. The minimum atomic E-state index is -0.444. The highest BCUT2D eigenvalue weighted by atomic mass is 35.5. The number of benzene rings is 1. The Balaban J connectivity index is 1.44. The van der Waals surface area contributed by atoms with Crippen LogP contribution in [0, 0.1) is 5.82 Å². The molecule has 0 fully saturated rings. The quantitative estimate of drug-likeness (QED) is 0.493. The highest BCUT2D eigenvalue weighted by Gasteiger charge is 2.08. The van der Waals surface area contributed by atoms with E-state index in [1.54, 1.807) is 24.7 Å². The van der Waals surface area contributed by atoms with Crippen LogP contribution >= 0.6 is 23.2 Å². The largest absolute Gasteiger partial charge is 0.350 e. The number of rotatable bonds is 5. The maximum absolute atomic E-state index is 13.5. The Morgan fingerprint density at radius 3 is 2.59 bits per heavy atom. The second kappa shape index (κ2) is 7.50. The molecule has 0 aliphatic rings. The molecule has 4 rings (SSSR count). The maximum Gasteiger partial charge on any atom is 0.222 e. The molecular weight excluding hydrogens is 388 g/mol. The van der Waals surface area contributed by atoms with E-state index in [0.29, 0.717) is 23.9 Å². The van der Waals surface area contributed by atoms with Crippen molar-refractivity contribution in [2.24, 2.45) is 0 Å². The first-order chi connectivity index (χ1) is 13.1. The maximum atomic E-state index is 13.5. The molecule has 0 aliphatic heterocycles. The molecule has 8 heteroatoms. The van der Waals surface area contributed by atoms with Gasteiger partial charge in [-0.25, -0.2) is 19.3 Å². The lowest BCUT2D eigenvalue weighted by atomic mass is 10.1. The molecule has 1 aromatic carbocycles. The van der Waals surface area contributed by atoms with Gasteiger partial charge in [-0.05, 0) is 34.9 Å². The fourth-order valence-corrected chi connectivity index (χ4v) is 3.04. The van der Waals surface area contributed by atoms with Crippen LogP contribution in [0.1, 0.15) is 16.7 Å². The van der Waals surface area contributed by atoms with Gasteiger partial charge in [0.2, 0.25) is 5.95 Å². The van der Waals surface area contributed by atoms with Gasteiger partial charge in [-0.3, -0.25) is 0 Å². The summed E-state index contributed by atoms with van der Waals surface area (Å²) in [5, 5.41) is 4.75. The number of aromatic amines is 1. The van der Waals surface area contributed by atoms with E-state index in [9.17, 15) is 4.39 Å². The normalized spacial score (nSPS) is 11.1. The van der Waals surface area contributed by atoms with Gasteiger partial charge in [0, 0.05) is 43.1 Å². The van der Waals surface area contributed by atoms with E-state index >= 15 is 0 Å². The Hall–Kier alpha value is -2.70. The van der Waals surface area contributed by atoms with Gasteiger partial charge in [-0.2, -0.15) is 0 Å². The van der Waals surface area contributed by atoms with Gasteiger partial charge in [0.05, 0.1) is 10.0 Å². The van der Waals surface area contributed by atoms with Crippen molar-refractivity contribution in [3.63, 3.8) is 0 Å². The number of pyridine rings is 1. The van der Waals surface area contributed by atoms with Gasteiger partial charge >= 0.3 is 0 Å². The summed E-state index contributed by atoms with van der Waals surface area (Å²) in [6.07, 6.45) is 7.70. The number of hydrogen-bond acceptors (Lipinski definition) is 4. The summed E-state index contributed by atoms with van der Waals surface area (Å²) >= 11 is 11.7. The van der Waals surface area contributed by atoms with Crippen LogP contribution in [-0.2, 0) is 13.0 Å². The average Bonchev–Trinajstić information content (AvgIpc) is 3.06. The highest BCUT2D eigenvalue weighted by molar-refractivity contribution is 6.31. The Labute approximate surface area is 164 Å². The summed E-state index contributed by atoms with van der Waals surface area (Å²) in [5.74, 6) is 0.0262. The molecule has 27 heavy (non-hydrogen) atoms. The monoisotopic (exact) mass is 401 g/mol. The lowest BCUT2D eigenvalue weighted by Gasteiger charge is -2.06. The third-order valence-corrected chi connectivity index (χ3v) is 4.63. The molecule has 0 unspecified atom stereocenters. The van der Waals surface area contributed by atoms with Crippen LogP contribution in [0.4, 0.5) is 10.3 Å². The van der Waals surface area contributed by atoms with E-state index < -0.39 is 5.82 Å². The van der Waals surface area contributed by atoms with Crippen molar-refractivity contribution >= 4 is 40.2 Å². The Bertz CT molecular complexity index is 1100. The molecule has 5 nitrogen and oxygen atoms in total. The highest BCUT2D eigenvalue weighted by Crippen LogP contribution is 2.22. The third-order valence-electron chi connectivity index (χ3n) is 4.12. The van der Waals surface area contributed by atoms with Crippen molar-refractivity contribution in [1.29, 1.82) is 0 Å². The fraction of sp³-hybridized carbons (Fsp3) is 0.105. The van der Waals surface area contributed by atoms with Crippen LogP contribution in [0.2, 0.25) is 10.0 Å². The Morgan fingerprint density at radius 2 is 1.81 bits per heavy atom. The zero-order valence-electron chi connectivity index (χ0n) is 14.0. The van der Waals surface area contributed by atoms with Crippen molar-refractivity contribution in [3.05, 3.63) is 81.6 Å². The molecule has 3 aromatic heterocycles. The zero-order chi connectivity index (χ0) is 18.8. The second-order valence-electron chi connectivity index (χ2n) is 6.06. The van der Waals surface area contributed by atoms with Crippen LogP contribution < -0.4 is 5.32 Å². The van der Waals surface area contributed by atoms with Crippen LogP contribution in [0.3, 0.4) is 0 Å². The third kappa shape index (κ3) is 4.02. The molecular formula is C19H14Cl2FN5. The van der Waals surface area contributed by atoms with Crippen molar-refractivity contribution in [2.45, 2.75) is 13.0 Å². The number of nitrogens with one attached hydrogen (secondary N) is 2. The SMILES string of the molecule is Fc1cc(CNc2ncc(Cc3c[nH]c4ncc(Cl)cc34)cn2)ccc1Cl. The molecule has 0 amide bonds. The van der Waals surface area contributed by atoms with Gasteiger partial charge < -0.3 is 10.3 Å². The number of halogens is 3. The number of fused-ring (bicyclic) bond motifs is 1. The molecule has 0 spiro atoms. The number of H-pyrrole nitrogens is 1. The van der Waals surface area contributed by atoms with E-state index in [0.717, 1.165) is 27.7 Å². The number of hydrogen-bond donors (Lipinski definition) is 2. The predicted molar refractivity (Wildman–Crippen MR) is 105 cm³/mol. The van der Waals surface area contributed by atoms with E-state index in [4.69, 9.17) is 23.2 Å². The first-order valence-electron chi connectivity index (χ1n) is 8.19. The summed E-state index contributed by atoms with van der Waals surface area (Å²) < 4.78 is 13.5. The molecule has 0 radical (unpaired) electrons. The lowest BCUT2D eigenvalue weighted by Crippen LogP contribution is -2.04. The van der Waals surface area contributed by atoms with Gasteiger partial charge in [0.15, 0.2) is 0 Å². The minimum absolute atomic E-state index is 0.105. The van der Waals surface area contributed by atoms with Gasteiger partial charge in [-0.15, -0.1) is 0 Å². The molecule has 0 atom stereocenters. The summed E-state index contributed by atoms with van der Waals surface area (Å²) in [7, 11) is 0. The summed E-state index contributed by atoms with van der Waals surface area (Å²) in [6.45, 7) is 0.403. The van der Waals surface area contributed by atoms with Crippen molar-refractivity contribution < 1.29 is 4.39 Å². The van der Waals surface area contributed by atoms with Crippen molar-refractivity contribution in [1.82, 2.24) is 19.9 Å². The smallest absolute Gasteiger partial charge is 0.222 e. The molecule has 4 aromatic rings. The number of nitrogens with zero attached hydrogens (tertiary/aromatic N) is 3. The van der Waals surface area contributed by atoms with Gasteiger partial charge in [-0.1, -0.05) is 29.3 Å². The minimum Gasteiger partial charge on any atom is -0.350 e. The van der Waals surface area contributed by atoms with Crippen molar-refractivity contribution in [2.75, 3.05) is 5.32 Å². The van der Waals surface area contributed by atoms with Gasteiger partial charge in [0.25, 0.3) is 0 Å². The molecule has 0 saturated carbocycles. The first-order valence-corrected chi connectivity index (χ1v) is 8.94. The van der Waals surface area contributed by atoms with Crippen LogP contribution in [0.15, 0.2) is 49.1 Å². The van der Waals surface area contributed by atoms with E-state index in [2.05, 4.69) is 25.3 Å². The van der Waals surface area contributed by atoms with Crippen molar-refractivity contribution in [3.8, 4) is 0 Å². The first kappa shape index (κ1) is 17.7. The summed E-state index contributed by atoms with van der Waals surface area (Å²) in [4.78, 5) is 16.0. The second-order valence-corrected chi connectivity index (χ2v) is 6.90. The fourth-order valence-electron chi connectivity index (χ4n) is 2.77. The van der Waals surface area contributed by atoms with Crippen LogP contribution in [-0.4, -0.2) is 19.9 Å². The molecule has 0 bridgehead atoms. The van der Waals surface area contributed by atoms with E-state index in [1.165, 1.54) is 12.1 Å². The topological polar surface area (TPSA) is 66.5 Å². The molecule has 136 valence electrons. The van der Waals surface area contributed by atoms with E-state index in [1.807, 2.05) is 12.3 Å². The zero-order valence-corrected chi connectivity index (χ0v) is 15.5. The average molecular weight is 402 g/mol. The standard InChI is InChI=1S/C19H14Cl2FN5/c20-14-5-15-13(9-23-18(15)24-10-14)3-12-7-26-19(27-8-12)25-6-11-1-2-16(21)17(22)4-11/h1-2,4-5,7-10H,3,6H2,(H,23,24)(H,25,26,27). The summed E-state index contributed by atoms with van der Waals surface area (Å²) in [5.41, 5.74) is 3.58. The van der Waals surface area contributed by atoms with Crippen LogP contribution in [0.25, 0.3) is 11.0 Å². The lowest BCUT2D eigenvalue weighted by molar-refractivity contribution is 0.626. The number of anilines is 1. The molecule has 0 saturated heterocycles. The molecule has 3 heterocycles. The Morgan fingerprint density at radius 1 is 1.00 bits per heavy atom. The molecule has 0 aliphatic carbocycles. The summed E-state index contributed by atoms with van der Waals surface area (Å²) in [6, 6.07) is 6.56. The predicted octanol–water partition coefficient (Wildman–Crippen LogP) is 5.00. The van der Waals surface area contributed by atoms with E-state index in [-0.39, 0.29) is 5.02 Å². The van der Waals surface area contributed by atoms with Crippen LogP contribution in [0.5, 0.6) is 0 Å². The number of aromatic nitrogens is 4. The van der Waals surface area contributed by atoms with Gasteiger partial charge in [0.1, 0.15) is 11.5 Å².